The molecule has 23 heavy (non-hydrogen) atoms. The Hall–Kier alpha value is -1.52. The van der Waals surface area contributed by atoms with Gasteiger partial charge in [-0.15, -0.1) is 0 Å². The SMILES string of the molecule is C/C=C\C(=C/CC)[C@@H]1C[C@H](F)c2nc([C@H](F)C34CC(C3)C4)nn21. The van der Waals surface area contributed by atoms with Crippen molar-refractivity contribution in [3.05, 3.63) is 35.4 Å². The van der Waals surface area contributed by atoms with Crippen molar-refractivity contribution >= 4 is 0 Å². The van der Waals surface area contributed by atoms with E-state index in [0.29, 0.717) is 18.2 Å². The highest BCUT2D eigenvalue weighted by Crippen LogP contribution is 2.70. The number of rotatable bonds is 5. The van der Waals surface area contributed by atoms with Gasteiger partial charge in [0.2, 0.25) is 0 Å². The maximum Gasteiger partial charge on any atom is 0.185 e. The number of allylic oxidation sites excluding steroid dienone is 4. The molecule has 2 bridgehead atoms. The lowest BCUT2D eigenvalue weighted by Gasteiger charge is -2.62. The predicted octanol–water partition coefficient (Wildman–Crippen LogP) is 4.96. The Morgan fingerprint density at radius 1 is 1.43 bits per heavy atom. The zero-order valence-corrected chi connectivity index (χ0v) is 13.7. The molecule has 0 aromatic carbocycles. The van der Waals surface area contributed by atoms with E-state index in [2.05, 4.69) is 23.1 Å². The third-order valence-electron chi connectivity index (χ3n) is 5.71. The first-order chi connectivity index (χ1) is 11.1. The van der Waals surface area contributed by atoms with Gasteiger partial charge in [0, 0.05) is 11.8 Å². The van der Waals surface area contributed by atoms with Crippen molar-refractivity contribution in [1.82, 2.24) is 14.8 Å². The van der Waals surface area contributed by atoms with Gasteiger partial charge in [0.1, 0.15) is 0 Å². The summed E-state index contributed by atoms with van der Waals surface area (Å²) >= 11 is 0. The van der Waals surface area contributed by atoms with Gasteiger partial charge in [0.15, 0.2) is 24.0 Å². The monoisotopic (exact) mass is 319 g/mol. The number of fused-ring (bicyclic) bond motifs is 1. The summed E-state index contributed by atoms with van der Waals surface area (Å²) in [5.41, 5.74) is 0.800. The van der Waals surface area contributed by atoms with Gasteiger partial charge in [-0.25, -0.2) is 18.4 Å². The second-order valence-corrected chi connectivity index (χ2v) is 7.31. The quantitative estimate of drug-likeness (QED) is 0.718. The van der Waals surface area contributed by atoms with Crippen LogP contribution in [0.25, 0.3) is 0 Å². The number of halogens is 2. The fraction of sp³-hybridized carbons (Fsp3) is 0.667. The van der Waals surface area contributed by atoms with Crippen molar-refractivity contribution in [3.63, 3.8) is 0 Å². The molecule has 3 nitrogen and oxygen atoms in total. The molecule has 1 aliphatic heterocycles. The minimum Gasteiger partial charge on any atom is -0.239 e. The Morgan fingerprint density at radius 2 is 2.17 bits per heavy atom. The summed E-state index contributed by atoms with van der Waals surface area (Å²) in [6.07, 6.45) is 7.78. The van der Waals surface area contributed by atoms with Crippen LogP contribution in [0.4, 0.5) is 8.78 Å². The largest absolute Gasteiger partial charge is 0.239 e. The number of hydrogen-bond acceptors (Lipinski definition) is 2. The Balaban J connectivity index is 1.65. The Labute approximate surface area is 135 Å². The summed E-state index contributed by atoms with van der Waals surface area (Å²) in [7, 11) is 0. The van der Waals surface area contributed by atoms with E-state index in [1.165, 1.54) is 0 Å². The van der Waals surface area contributed by atoms with Crippen molar-refractivity contribution in [2.45, 2.75) is 64.3 Å². The average molecular weight is 319 g/mol. The van der Waals surface area contributed by atoms with Gasteiger partial charge < -0.3 is 0 Å². The Morgan fingerprint density at radius 3 is 2.74 bits per heavy atom. The highest BCUT2D eigenvalue weighted by atomic mass is 19.1. The highest BCUT2D eigenvalue weighted by molar-refractivity contribution is 5.27. The summed E-state index contributed by atoms with van der Waals surface area (Å²) in [6.45, 7) is 4.00. The molecule has 1 aromatic rings. The summed E-state index contributed by atoms with van der Waals surface area (Å²) in [4.78, 5) is 4.25. The van der Waals surface area contributed by atoms with Crippen LogP contribution in [0, 0.1) is 11.3 Å². The zero-order valence-electron chi connectivity index (χ0n) is 13.7. The molecule has 3 aliphatic carbocycles. The minimum absolute atomic E-state index is 0.169. The molecular weight excluding hydrogens is 296 g/mol. The zero-order chi connectivity index (χ0) is 16.2. The fourth-order valence-electron chi connectivity index (χ4n) is 4.45. The molecule has 3 saturated carbocycles. The van der Waals surface area contributed by atoms with Crippen LogP contribution in [-0.2, 0) is 0 Å². The molecule has 0 unspecified atom stereocenters. The van der Waals surface area contributed by atoms with Crippen LogP contribution in [0.3, 0.4) is 0 Å². The molecule has 4 aliphatic rings. The van der Waals surface area contributed by atoms with Crippen molar-refractivity contribution in [2.75, 3.05) is 0 Å². The fourth-order valence-corrected chi connectivity index (χ4v) is 4.45. The molecule has 0 N–H and O–H groups in total. The van der Waals surface area contributed by atoms with Gasteiger partial charge in [0.25, 0.3) is 0 Å². The van der Waals surface area contributed by atoms with Gasteiger partial charge in [0.05, 0.1) is 6.04 Å². The summed E-state index contributed by atoms with van der Waals surface area (Å²) in [5.74, 6) is 1.20. The van der Waals surface area contributed by atoms with Gasteiger partial charge in [-0.1, -0.05) is 25.2 Å². The average Bonchev–Trinajstić information content (AvgIpc) is 2.96. The van der Waals surface area contributed by atoms with E-state index < -0.39 is 12.3 Å². The van der Waals surface area contributed by atoms with Crippen LogP contribution >= 0.6 is 0 Å². The summed E-state index contributed by atoms with van der Waals surface area (Å²) in [6, 6.07) is -0.169. The smallest absolute Gasteiger partial charge is 0.185 e. The molecule has 3 fully saturated rings. The lowest BCUT2D eigenvalue weighted by Crippen LogP contribution is -2.54. The van der Waals surface area contributed by atoms with Crippen LogP contribution in [0.1, 0.15) is 76.0 Å². The summed E-state index contributed by atoms with van der Waals surface area (Å²) < 4.78 is 30.8. The molecule has 0 spiro atoms. The van der Waals surface area contributed by atoms with E-state index >= 15 is 0 Å². The number of alkyl halides is 2. The van der Waals surface area contributed by atoms with Crippen molar-refractivity contribution in [1.29, 1.82) is 0 Å². The molecule has 2 heterocycles. The van der Waals surface area contributed by atoms with E-state index in [0.717, 1.165) is 31.3 Å². The third kappa shape index (κ3) is 2.12. The van der Waals surface area contributed by atoms with Crippen molar-refractivity contribution in [3.8, 4) is 0 Å². The molecule has 3 atom stereocenters. The maximum absolute atomic E-state index is 14.8. The van der Waals surface area contributed by atoms with Crippen LogP contribution in [0.2, 0.25) is 0 Å². The van der Waals surface area contributed by atoms with E-state index in [4.69, 9.17) is 0 Å². The number of nitrogens with zero attached hydrogens (tertiary/aromatic N) is 3. The lowest BCUT2D eigenvalue weighted by molar-refractivity contribution is -0.162. The molecule has 5 rings (SSSR count). The van der Waals surface area contributed by atoms with Gasteiger partial charge in [-0.05, 0) is 44.1 Å². The van der Waals surface area contributed by atoms with E-state index in [9.17, 15) is 8.78 Å². The minimum atomic E-state index is -1.16. The second kappa shape index (κ2) is 5.25. The first-order valence-corrected chi connectivity index (χ1v) is 8.65. The van der Waals surface area contributed by atoms with Gasteiger partial charge >= 0.3 is 0 Å². The molecule has 124 valence electrons. The Bertz CT molecular complexity index is 659. The molecular formula is C18H23F2N3. The van der Waals surface area contributed by atoms with Gasteiger partial charge in [-0.3, -0.25) is 0 Å². The molecule has 0 amide bonds. The number of hydrogen-bond donors (Lipinski definition) is 0. The van der Waals surface area contributed by atoms with Crippen LogP contribution < -0.4 is 0 Å². The third-order valence-corrected chi connectivity index (χ3v) is 5.71. The van der Waals surface area contributed by atoms with Crippen LogP contribution in [-0.4, -0.2) is 14.8 Å². The van der Waals surface area contributed by atoms with Crippen molar-refractivity contribution < 1.29 is 8.78 Å². The summed E-state index contributed by atoms with van der Waals surface area (Å²) in [5, 5.41) is 4.40. The van der Waals surface area contributed by atoms with Gasteiger partial charge in [-0.2, -0.15) is 5.10 Å². The molecule has 1 aromatic heterocycles. The second-order valence-electron chi connectivity index (χ2n) is 7.31. The van der Waals surface area contributed by atoms with E-state index in [1.807, 2.05) is 19.1 Å². The standard InChI is InChI=1S/C18H23F2N3/c1-3-5-12(6-4-2)14-7-13(19)17-21-16(22-23(14)17)15(20)18-8-11(9-18)10-18/h3,5-6,11,13-15H,4,7-10H2,1-2H3/b5-3-,12-6+/t11?,13-,14-,15-,18?/m0/s1. The molecule has 5 heteroatoms. The molecule has 0 saturated heterocycles. The highest BCUT2D eigenvalue weighted by Gasteiger charge is 2.62. The molecule has 0 radical (unpaired) electrons. The van der Waals surface area contributed by atoms with E-state index in [-0.39, 0.29) is 17.3 Å². The van der Waals surface area contributed by atoms with Crippen LogP contribution in [0.5, 0.6) is 0 Å². The van der Waals surface area contributed by atoms with Crippen LogP contribution in [0.15, 0.2) is 23.8 Å². The van der Waals surface area contributed by atoms with E-state index in [1.54, 1.807) is 4.68 Å². The van der Waals surface area contributed by atoms with Crippen molar-refractivity contribution in [2.24, 2.45) is 11.3 Å². The topological polar surface area (TPSA) is 30.7 Å². The normalized spacial score (nSPS) is 36.7. The lowest BCUT2D eigenvalue weighted by atomic mass is 9.42. The predicted molar refractivity (Wildman–Crippen MR) is 84.3 cm³/mol. The number of aromatic nitrogens is 3. The maximum atomic E-state index is 14.8. The first-order valence-electron chi connectivity index (χ1n) is 8.65. The first kappa shape index (κ1) is 15.0. The Kier molecular flexibility index (Phi) is 3.43.